The van der Waals surface area contributed by atoms with Crippen molar-refractivity contribution in [3.63, 3.8) is 0 Å². The van der Waals surface area contributed by atoms with E-state index < -0.39 is 35.3 Å². The van der Waals surface area contributed by atoms with E-state index in [0.717, 1.165) is 6.07 Å². The maximum Gasteiger partial charge on any atom is 0.417 e. The molecule has 2 N–H and O–H groups in total. The summed E-state index contributed by atoms with van der Waals surface area (Å²) in [5, 5.41) is 24.7. The van der Waals surface area contributed by atoms with E-state index >= 15 is 0 Å². The molecule has 4 rings (SSSR count). The van der Waals surface area contributed by atoms with Crippen LogP contribution < -0.4 is 5.32 Å². The van der Waals surface area contributed by atoms with E-state index in [1.54, 1.807) is 0 Å². The summed E-state index contributed by atoms with van der Waals surface area (Å²) < 4.78 is 46.2. The fourth-order valence-corrected chi connectivity index (χ4v) is 3.95. The zero-order chi connectivity index (χ0) is 26.2. The number of halogens is 3. The van der Waals surface area contributed by atoms with Crippen LogP contribution in [0.15, 0.2) is 64.3 Å². The number of nitrogens with zero attached hydrogens (tertiary/aromatic N) is 2. The van der Waals surface area contributed by atoms with Crippen molar-refractivity contribution in [1.29, 1.82) is 5.26 Å². The highest BCUT2D eigenvalue weighted by Crippen LogP contribution is 2.40. The average Bonchev–Trinajstić information content (AvgIpc) is 3.26. The van der Waals surface area contributed by atoms with Crippen molar-refractivity contribution in [3.8, 4) is 17.2 Å². The number of hydrogen-bond acceptors (Lipinski definition) is 6. The molecule has 0 aliphatic heterocycles. The molecule has 8 nitrogen and oxygen atoms in total. The van der Waals surface area contributed by atoms with Gasteiger partial charge in [-0.2, -0.15) is 18.4 Å². The van der Waals surface area contributed by atoms with Crippen molar-refractivity contribution >= 4 is 28.6 Å². The zero-order valence-corrected chi connectivity index (χ0v) is 18.5. The van der Waals surface area contributed by atoms with Crippen LogP contribution >= 0.6 is 0 Å². The second-order valence-electron chi connectivity index (χ2n) is 8.00. The second-order valence-corrected chi connectivity index (χ2v) is 8.00. The van der Waals surface area contributed by atoms with Crippen LogP contribution in [0.25, 0.3) is 22.1 Å². The Bertz CT molecular complexity index is 1530. The molecule has 0 bridgehead atoms. The summed E-state index contributed by atoms with van der Waals surface area (Å²) in [4.78, 5) is 36.9. The molecule has 0 radical (unpaired) electrons. The first-order valence-electron chi connectivity index (χ1n) is 10.5. The molecule has 11 heteroatoms. The number of Topliss-reactive ketones (excluding diaryl/α,β-unsaturated/α-hetero) is 1. The van der Waals surface area contributed by atoms with Crippen LogP contribution in [0.5, 0.6) is 0 Å². The summed E-state index contributed by atoms with van der Waals surface area (Å²) in [7, 11) is 0. The minimum Gasteiger partial charge on any atom is -0.481 e. The standard InChI is InChI=1S/C25H16F3N3O5/c1-12(32)15-10-21-18(9-16(15)14-4-2-3-5-19(14)25(26,27)28)22(31-36-21)23(33)30-20-7-6-13(11-29)8-17(20)24(34)35/h2-7,9-10,17H,8H2,1H3,(H,30,33)(H,34,35). The van der Waals surface area contributed by atoms with E-state index in [4.69, 9.17) is 9.78 Å². The Morgan fingerprint density at radius 1 is 1.17 bits per heavy atom. The molecule has 3 aromatic rings. The van der Waals surface area contributed by atoms with Gasteiger partial charge in [0.1, 0.15) is 5.92 Å². The molecule has 1 aliphatic carbocycles. The van der Waals surface area contributed by atoms with E-state index in [-0.39, 0.29) is 51.0 Å². The molecule has 1 unspecified atom stereocenters. The van der Waals surface area contributed by atoms with Gasteiger partial charge in [0.25, 0.3) is 5.91 Å². The van der Waals surface area contributed by atoms with Crippen molar-refractivity contribution < 1.29 is 37.2 Å². The molecule has 36 heavy (non-hydrogen) atoms. The highest BCUT2D eigenvalue weighted by Gasteiger charge is 2.35. The zero-order valence-electron chi connectivity index (χ0n) is 18.5. The molecule has 1 heterocycles. The molecule has 0 saturated heterocycles. The third-order valence-electron chi connectivity index (χ3n) is 5.69. The van der Waals surface area contributed by atoms with Gasteiger partial charge in [0, 0.05) is 23.3 Å². The summed E-state index contributed by atoms with van der Waals surface area (Å²) in [5.74, 6) is -3.84. The number of rotatable bonds is 5. The fraction of sp³-hybridized carbons (Fsp3) is 0.160. The minimum absolute atomic E-state index is 0.00523. The summed E-state index contributed by atoms with van der Waals surface area (Å²) >= 11 is 0. The van der Waals surface area contributed by atoms with Crippen LogP contribution in [0.4, 0.5) is 13.2 Å². The predicted octanol–water partition coefficient (Wildman–Crippen LogP) is 4.88. The van der Waals surface area contributed by atoms with Gasteiger partial charge in [0.2, 0.25) is 0 Å². The lowest BCUT2D eigenvalue weighted by Crippen LogP contribution is -2.32. The Balaban J connectivity index is 1.82. The van der Waals surface area contributed by atoms with Gasteiger partial charge in [-0.1, -0.05) is 23.4 Å². The van der Waals surface area contributed by atoms with Gasteiger partial charge in [0.15, 0.2) is 17.1 Å². The highest BCUT2D eigenvalue weighted by atomic mass is 19.4. The second kappa shape index (κ2) is 9.14. The van der Waals surface area contributed by atoms with Gasteiger partial charge in [-0.3, -0.25) is 14.4 Å². The molecule has 1 aromatic heterocycles. The number of amides is 1. The monoisotopic (exact) mass is 495 g/mol. The number of hydrogen-bond donors (Lipinski definition) is 2. The largest absolute Gasteiger partial charge is 0.481 e. The smallest absolute Gasteiger partial charge is 0.417 e. The van der Waals surface area contributed by atoms with Crippen molar-refractivity contribution in [2.45, 2.75) is 19.5 Å². The number of allylic oxidation sites excluding steroid dienone is 3. The molecule has 2 aromatic carbocycles. The number of nitrogens with one attached hydrogen (secondary N) is 1. The number of carbonyl (C=O) groups is 3. The van der Waals surface area contributed by atoms with E-state index in [0.29, 0.717) is 0 Å². The number of aromatic nitrogens is 1. The summed E-state index contributed by atoms with van der Waals surface area (Å²) in [6.45, 7) is 1.19. The lowest BCUT2D eigenvalue weighted by molar-refractivity contribution is -0.140. The average molecular weight is 495 g/mol. The number of aliphatic carboxylic acids is 1. The Kier molecular flexibility index (Phi) is 6.20. The lowest BCUT2D eigenvalue weighted by atomic mass is 9.91. The molecule has 0 spiro atoms. The van der Waals surface area contributed by atoms with Crippen LogP contribution in [-0.4, -0.2) is 27.9 Å². The van der Waals surface area contributed by atoms with E-state index in [1.165, 1.54) is 49.4 Å². The number of carboxylic acids is 1. The van der Waals surface area contributed by atoms with Gasteiger partial charge in [-0.05, 0) is 48.4 Å². The topological polar surface area (TPSA) is 133 Å². The van der Waals surface area contributed by atoms with Crippen LogP contribution in [0, 0.1) is 17.2 Å². The van der Waals surface area contributed by atoms with Gasteiger partial charge in [0.05, 0.1) is 17.0 Å². The number of ketones is 1. The normalized spacial score (nSPS) is 15.6. The van der Waals surface area contributed by atoms with E-state index in [1.807, 2.05) is 6.07 Å². The van der Waals surface area contributed by atoms with Crippen LogP contribution in [-0.2, 0) is 11.0 Å². The Labute approximate surface area is 201 Å². The molecule has 1 amide bonds. The summed E-state index contributed by atoms with van der Waals surface area (Å²) in [6, 6.07) is 9.02. The maximum absolute atomic E-state index is 13.7. The van der Waals surface area contributed by atoms with Crippen LogP contribution in [0.3, 0.4) is 0 Å². The quantitative estimate of drug-likeness (QED) is 0.482. The highest BCUT2D eigenvalue weighted by molar-refractivity contribution is 6.10. The van der Waals surface area contributed by atoms with Crippen LogP contribution in [0.1, 0.15) is 39.8 Å². The fourth-order valence-electron chi connectivity index (χ4n) is 3.95. The van der Waals surface area contributed by atoms with E-state index in [9.17, 15) is 32.7 Å². The molecule has 182 valence electrons. The van der Waals surface area contributed by atoms with Gasteiger partial charge in [-0.15, -0.1) is 0 Å². The van der Waals surface area contributed by atoms with Gasteiger partial charge in [-0.25, -0.2) is 0 Å². The molecular weight excluding hydrogens is 479 g/mol. The first-order chi connectivity index (χ1) is 17.0. The summed E-state index contributed by atoms with van der Waals surface area (Å²) in [5.41, 5.74) is -1.46. The third kappa shape index (κ3) is 4.48. The SMILES string of the molecule is CC(=O)c1cc2onc(C(=O)NC3=CC=C(C#N)CC3C(=O)O)c2cc1-c1ccccc1C(F)(F)F. The lowest BCUT2D eigenvalue weighted by Gasteiger charge is -2.19. The number of benzene rings is 2. The number of carbonyl (C=O) groups excluding carboxylic acids is 2. The van der Waals surface area contributed by atoms with Gasteiger partial charge >= 0.3 is 12.1 Å². The molecule has 0 saturated carbocycles. The predicted molar refractivity (Wildman–Crippen MR) is 119 cm³/mol. The third-order valence-corrected chi connectivity index (χ3v) is 5.69. The number of alkyl halides is 3. The van der Waals surface area contributed by atoms with E-state index in [2.05, 4.69) is 10.5 Å². The molecule has 1 aliphatic rings. The van der Waals surface area contributed by atoms with Gasteiger partial charge < -0.3 is 14.9 Å². The van der Waals surface area contributed by atoms with Crippen molar-refractivity contribution in [2.24, 2.45) is 5.92 Å². The number of carboxylic acid groups (broad SMARTS) is 1. The molecular formula is C25H16F3N3O5. The number of nitriles is 1. The van der Waals surface area contributed by atoms with Crippen molar-refractivity contribution in [2.75, 3.05) is 0 Å². The maximum atomic E-state index is 13.7. The Morgan fingerprint density at radius 3 is 2.53 bits per heavy atom. The minimum atomic E-state index is -4.70. The first-order valence-corrected chi connectivity index (χ1v) is 10.5. The van der Waals surface area contributed by atoms with Crippen molar-refractivity contribution in [1.82, 2.24) is 10.5 Å². The molecule has 0 fully saturated rings. The Morgan fingerprint density at radius 2 is 1.89 bits per heavy atom. The first kappa shape index (κ1) is 24.4. The Hall–Kier alpha value is -4.72. The van der Waals surface area contributed by atoms with Crippen LogP contribution in [0.2, 0.25) is 0 Å². The van der Waals surface area contributed by atoms with Crippen molar-refractivity contribution in [3.05, 3.63) is 76.6 Å². The molecule has 1 atom stereocenters. The summed E-state index contributed by atoms with van der Waals surface area (Å²) in [6.07, 6.45) is -2.16. The number of fused-ring (bicyclic) bond motifs is 1.